The molecule has 1 N–H and O–H groups in total. The molecule has 0 saturated heterocycles. The fourth-order valence-corrected chi connectivity index (χ4v) is 4.46. The van der Waals surface area contributed by atoms with Gasteiger partial charge >= 0.3 is 0 Å². The number of anilines is 1. The standard InChI is InChI=1S/C13H12Cl3NO3S/c14-10-4-9(21(16,19)20)5-11(15)12(10)17-13(18)8-2-6-1-7(6)3-8/h4-8H,1-3H2,(H,17,18). The van der Waals surface area contributed by atoms with Crippen molar-refractivity contribution in [2.75, 3.05) is 5.32 Å². The highest BCUT2D eigenvalue weighted by Crippen LogP contribution is 2.54. The van der Waals surface area contributed by atoms with E-state index in [-0.39, 0.29) is 32.5 Å². The van der Waals surface area contributed by atoms with Crippen LogP contribution < -0.4 is 5.32 Å². The van der Waals surface area contributed by atoms with Crippen molar-refractivity contribution in [1.82, 2.24) is 0 Å². The van der Waals surface area contributed by atoms with Crippen LogP contribution in [0.5, 0.6) is 0 Å². The van der Waals surface area contributed by atoms with Crippen LogP contribution >= 0.6 is 33.9 Å². The summed E-state index contributed by atoms with van der Waals surface area (Å²) >= 11 is 12.0. The number of rotatable bonds is 3. The second-order valence-corrected chi connectivity index (χ2v) is 8.99. The van der Waals surface area contributed by atoms with E-state index in [1.807, 2.05) is 0 Å². The predicted molar refractivity (Wildman–Crippen MR) is 82.5 cm³/mol. The summed E-state index contributed by atoms with van der Waals surface area (Å²) in [6, 6.07) is 2.36. The molecule has 2 aliphatic rings. The Morgan fingerprint density at radius 3 is 2.10 bits per heavy atom. The largest absolute Gasteiger partial charge is 0.323 e. The van der Waals surface area contributed by atoms with Gasteiger partial charge in [-0.3, -0.25) is 4.79 Å². The molecule has 0 radical (unpaired) electrons. The predicted octanol–water partition coefficient (Wildman–Crippen LogP) is 3.91. The van der Waals surface area contributed by atoms with Crippen molar-refractivity contribution in [3.05, 3.63) is 22.2 Å². The van der Waals surface area contributed by atoms with Gasteiger partial charge in [0, 0.05) is 16.6 Å². The molecular weight excluding hydrogens is 357 g/mol. The molecule has 2 saturated carbocycles. The van der Waals surface area contributed by atoms with E-state index in [9.17, 15) is 13.2 Å². The molecule has 1 aromatic rings. The van der Waals surface area contributed by atoms with E-state index in [1.54, 1.807) is 0 Å². The monoisotopic (exact) mass is 367 g/mol. The summed E-state index contributed by atoms with van der Waals surface area (Å²) in [5.74, 6) is 1.25. The van der Waals surface area contributed by atoms with E-state index < -0.39 is 9.05 Å². The lowest BCUT2D eigenvalue weighted by Crippen LogP contribution is -2.22. The van der Waals surface area contributed by atoms with Crippen molar-refractivity contribution in [1.29, 1.82) is 0 Å². The third-order valence-electron chi connectivity index (χ3n) is 4.16. The van der Waals surface area contributed by atoms with Gasteiger partial charge in [-0.2, -0.15) is 0 Å². The number of hydrogen-bond donors (Lipinski definition) is 1. The van der Waals surface area contributed by atoms with Gasteiger partial charge in [0.1, 0.15) is 0 Å². The van der Waals surface area contributed by atoms with Crippen LogP contribution in [0.15, 0.2) is 17.0 Å². The number of hydrogen-bond acceptors (Lipinski definition) is 3. The molecular formula is C13H12Cl3NO3S. The second kappa shape index (κ2) is 5.30. The van der Waals surface area contributed by atoms with Crippen molar-refractivity contribution in [3.8, 4) is 0 Å². The number of amides is 1. The molecule has 8 heteroatoms. The van der Waals surface area contributed by atoms with E-state index in [2.05, 4.69) is 5.32 Å². The molecule has 2 unspecified atom stereocenters. The van der Waals surface area contributed by atoms with Gasteiger partial charge < -0.3 is 5.32 Å². The van der Waals surface area contributed by atoms with E-state index in [4.69, 9.17) is 33.9 Å². The van der Waals surface area contributed by atoms with Crippen LogP contribution in [-0.4, -0.2) is 14.3 Å². The molecule has 1 aromatic carbocycles. The van der Waals surface area contributed by atoms with Crippen LogP contribution in [0.2, 0.25) is 10.0 Å². The third-order valence-corrected chi connectivity index (χ3v) is 6.09. The van der Waals surface area contributed by atoms with E-state index in [1.165, 1.54) is 18.6 Å². The molecule has 0 bridgehead atoms. The van der Waals surface area contributed by atoms with Gasteiger partial charge in [0.05, 0.1) is 20.6 Å². The molecule has 1 amide bonds. The van der Waals surface area contributed by atoms with Crippen LogP contribution in [0.3, 0.4) is 0 Å². The average molecular weight is 369 g/mol. The number of nitrogens with one attached hydrogen (secondary N) is 1. The molecule has 2 fully saturated rings. The minimum atomic E-state index is -3.92. The zero-order valence-electron chi connectivity index (χ0n) is 10.8. The summed E-state index contributed by atoms with van der Waals surface area (Å²) in [4.78, 5) is 12.0. The van der Waals surface area contributed by atoms with Gasteiger partial charge in [0.15, 0.2) is 0 Å². The molecule has 4 nitrogen and oxygen atoms in total. The number of carbonyl (C=O) groups is 1. The second-order valence-electron chi connectivity index (χ2n) is 5.61. The van der Waals surface area contributed by atoms with Crippen LogP contribution in [0.1, 0.15) is 19.3 Å². The lowest BCUT2D eigenvalue weighted by molar-refractivity contribution is -0.120. The Hall–Kier alpha value is -0.490. The smallest absolute Gasteiger partial charge is 0.261 e. The maximum absolute atomic E-state index is 12.2. The molecule has 21 heavy (non-hydrogen) atoms. The van der Waals surface area contributed by atoms with Gasteiger partial charge in [-0.15, -0.1) is 0 Å². The minimum absolute atomic E-state index is 0.0164. The van der Waals surface area contributed by atoms with Crippen LogP contribution in [0.25, 0.3) is 0 Å². The highest BCUT2D eigenvalue weighted by atomic mass is 35.7. The van der Waals surface area contributed by atoms with Crippen molar-refractivity contribution in [2.24, 2.45) is 17.8 Å². The molecule has 0 heterocycles. The number of carbonyl (C=O) groups excluding carboxylic acids is 1. The fraction of sp³-hybridized carbons (Fsp3) is 0.462. The number of fused-ring (bicyclic) bond motifs is 1. The van der Waals surface area contributed by atoms with Gasteiger partial charge in [-0.25, -0.2) is 8.42 Å². The summed E-state index contributed by atoms with van der Waals surface area (Å²) in [6.45, 7) is 0. The highest BCUT2D eigenvalue weighted by molar-refractivity contribution is 8.13. The van der Waals surface area contributed by atoms with Crippen LogP contribution in [0.4, 0.5) is 5.69 Å². The van der Waals surface area contributed by atoms with Gasteiger partial charge in [-0.05, 0) is 43.2 Å². The lowest BCUT2D eigenvalue weighted by Gasteiger charge is -2.15. The number of benzene rings is 1. The van der Waals surface area contributed by atoms with E-state index in [0.29, 0.717) is 11.8 Å². The van der Waals surface area contributed by atoms with Crippen LogP contribution in [0, 0.1) is 17.8 Å². The third kappa shape index (κ3) is 3.16. The average Bonchev–Trinajstić information content (AvgIpc) is 2.99. The Morgan fingerprint density at radius 2 is 1.62 bits per heavy atom. The summed E-state index contributed by atoms with van der Waals surface area (Å²) in [5, 5.41) is 2.81. The van der Waals surface area contributed by atoms with Crippen molar-refractivity contribution >= 4 is 54.5 Å². The first-order chi connectivity index (χ1) is 9.75. The Morgan fingerprint density at radius 1 is 1.10 bits per heavy atom. The maximum atomic E-state index is 12.2. The normalized spacial score (nSPS) is 27.3. The SMILES string of the molecule is O=C(Nc1c(Cl)cc(S(=O)(=O)Cl)cc1Cl)C1CC2CC2C1. The van der Waals surface area contributed by atoms with Crippen LogP contribution in [-0.2, 0) is 13.8 Å². The first kappa shape index (κ1) is 15.4. The summed E-state index contributed by atoms with van der Waals surface area (Å²) in [7, 11) is 1.33. The van der Waals surface area contributed by atoms with Crippen molar-refractivity contribution in [2.45, 2.75) is 24.2 Å². The maximum Gasteiger partial charge on any atom is 0.261 e. The zero-order chi connectivity index (χ0) is 15.4. The number of halogens is 3. The molecule has 0 aromatic heterocycles. The summed E-state index contributed by atoms with van der Waals surface area (Å²) in [5.41, 5.74) is 0.230. The Balaban J connectivity index is 1.80. The highest BCUT2D eigenvalue weighted by Gasteiger charge is 2.48. The first-order valence-corrected chi connectivity index (χ1v) is 9.57. The molecule has 3 rings (SSSR count). The van der Waals surface area contributed by atoms with Crippen molar-refractivity contribution < 1.29 is 13.2 Å². The molecule has 0 spiro atoms. The van der Waals surface area contributed by atoms with Crippen molar-refractivity contribution in [3.63, 3.8) is 0 Å². The minimum Gasteiger partial charge on any atom is -0.323 e. The van der Waals surface area contributed by atoms with Gasteiger partial charge in [0.25, 0.3) is 9.05 Å². The van der Waals surface area contributed by atoms with Gasteiger partial charge in [0.2, 0.25) is 5.91 Å². The fourth-order valence-electron chi connectivity index (χ4n) is 2.96. The van der Waals surface area contributed by atoms with E-state index >= 15 is 0 Å². The Kier molecular flexibility index (Phi) is 3.89. The van der Waals surface area contributed by atoms with E-state index in [0.717, 1.165) is 12.8 Å². The zero-order valence-corrected chi connectivity index (χ0v) is 13.9. The molecule has 2 aliphatic carbocycles. The molecule has 0 aliphatic heterocycles. The van der Waals surface area contributed by atoms with Gasteiger partial charge in [-0.1, -0.05) is 23.2 Å². The Bertz CT molecular complexity index is 686. The first-order valence-electron chi connectivity index (χ1n) is 6.50. The Labute approximate surface area is 137 Å². The molecule has 2 atom stereocenters. The topological polar surface area (TPSA) is 63.2 Å². The summed E-state index contributed by atoms with van der Waals surface area (Å²) in [6.07, 6.45) is 3.04. The lowest BCUT2D eigenvalue weighted by atomic mass is 10.0. The quantitative estimate of drug-likeness (QED) is 0.823. The molecule has 114 valence electrons. The summed E-state index contributed by atoms with van der Waals surface area (Å²) < 4.78 is 22.6.